The lowest BCUT2D eigenvalue weighted by molar-refractivity contribution is -0.122. The van der Waals surface area contributed by atoms with E-state index in [1.165, 1.54) is 77.3 Å². The Labute approximate surface area is 311 Å². The van der Waals surface area contributed by atoms with Crippen LogP contribution in [0.25, 0.3) is 0 Å². The van der Waals surface area contributed by atoms with Crippen molar-refractivity contribution in [3.8, 4) is 0 Å². The van der Waals surface area contributed by atoms with Crippen LogP contribution in [-0.2, 0) is 22.4 Å². The van der Waals surface area contributed by atoms with Gasteiger partial charge in [-0.25, -0.2) is 0 Å². The topological polar surface area (TPSA) is 64.7 Å². The van der Waals surface area contributed by atoms with E-state index in [0.717, 1.165) is 48.6 Å². The number of benzene rings is 3. The first-order chi connectivity index (χ1) is 25.6. The SMILES string of the molecule is O=C(Cc1cccc(CC(=O)NC2CCC(CCN3[C@@H]4CC[C@H]3c3ccccc34)CC2)c1)NC1CCC(CCN2C3CC[C@@H]2c2ccccc23)CC1. The lowest BCUT2D eigenvalue weighted by Gasteiger charge is -2.31. The highest BCUT2D eigenvalue weighted by molar-refractivity contribution is 5.80. The lowest BCUT2D eigenvalue weighted by atomic mass is 9.84. The standard InChI is InChI=1S/C46H58N4O2/c51-45(47-35-16-12-31(13-17-35)24-26-49-41-20-21-42(49)38-9-2-1-8-37(38)41)29-33-6-5-7-34(28-33)30-46(52)48-36-18-14-32(15-19-36)25-27-50-43-22-23-44(50)40-11-4-3-10-39(40)43/h1-11,28,31-32,35-36,41-44H,12-27,29-30H2,(H,47,51)(H,48,52)/t31?,32?,35?,36?,41-,42+,43-,44?/m1/s1. The van der Waals surface area contributed by atoms with Gasteiger partial charge in [-0.15, -0.1) is 0 Å². The van der Waals surface area contributed by atoms with E-state index >= 15 is 0 Å². The molecule has 6 heteroatoms. The van der Waals surface area contributed by atoms with E-state index in [-0.39, 0.29) is 23.9 Å². The van der Waals surface area contributed by atoms with Gasteiger partial charge in [-0.05, 0) is 148 Å². The fraction of sp³-hybridized carbons (Fsp3) is 0.565. The van der Waals surface area contributed by atoms with Crippen LogP contribution >= 0.6 is 0 Å². The molecule has 1 unspecified atom stereocenters. The first kappa shape index (κ1) is 34.3. The Morgan fingerprint density at radius 2 is 0.846 bits per heavy atom. The Morgan fingerprint density at radius 1 is 0.481 bits per heavy atom. The van der Waals surface area contributed by atoms with Gasteiger partial charge < -0.3 is 10.6 Å². The zero-order valence-electron chi connectivity index (χ0n) is 31.0. The van der Waals surface area contributed by atoms with Crippen molar-refractivity contribution < 1.29 is 9.59 Å². The van der Waals surface area contributed by atoms with E-state index in [1.807, 2.05) is 18.2 Å². The van der Waals surface area contributed by atoms with Crippen LogP contribution in [0.1, 0.15) is 147 Å². The van der Waals surface area contributed by atoms with Gasteiger partial charge >= 0.3 is 0 Å². The van der Waals surface area contributed by atoms with E-state index in [1.54, 1.807) is 22.3 Å². The number of fused-ring (bicyclic) bond motifs is 10. The number of nitrogens with one attached hydrogen (secondary N) is 2. The third-order valence-electron chi connectivity index (χ3n) is 14.2. The van der Waals surface area contributed by atoms with Crippen LogP contribution in [-0.4, -0.2) is 46.8 Å². The van der Waals surface area contributed by atoms with Gasteiger partial charge in [0.25, 0.3) is 0 Å². The molecule has 6 nitrogen and oxygen atoms in total. The van der Waals surface area contributed by atoms with Gasteiger partial charge in [0.1, 0.15) is 0 Å². The Kier molecular flexibility index (Phi) is 9.96. The molecule has 4 bridgehead atoms. The van der Waals surface area contributed by atoms with Crippen molar-refractivity contribution in [1.29, 1.82) is 0 Å². The molecule has 4 heterocycles. The molecule has 2 N–H and O–H groups in total. The molecule has 3 aromatic rings. The number of amides is 2. The van der Waals surface area contributed by atoms with Gasteiger partial charge in [0.2, 0.25) is 11.8 Å². The van der Waals surface area contributed by atoms with Crippen molar-refractivity contribution in [2.75, 3.05) is 13.1 Å². The van der Waals surface area contributed by atoms with Gasteiger partial charge in [0.05, 0.1) is 12.8 Å². The summed E-state index contributed by atoms with van der Waals surface area (Å²) in [5.41, 5.74) is 8.30. The maximum absolute atomic E-state index is 13.1. The molecule has 2 aliphatic carbocycles. The first-order valence-electron chi connectivity index (χ1n) is 20.9. The Hall–Kier alpha value is -3.48. The summed E-state index contributed by atoms with van der Waals surface area (Å²) in [5.74, 6) is 1.75. The molecule has 2 amide bonds. The molecule has 4 fully saturated rings. The van der Waals surface area contributed by atoms with Gasteiger partial charge in [-0.3, -0.25) is 19.4 Å². The third kappa shape index (κ3) is 7.10. The second-order valence-electron chi connectivity index (χ2n) is 17.3. The van der Waals surface area contributed by atoms with Crippen molar-refractivity contribution >= 4 is 11.8 Å². The van der Waals surface area contributed by atoms with Crippen molar-refractivity contribution in [3.05, 3.63) is 106 Å². The highest BCUT2D eigenvalue weighted by atomic mass is 16.2. The van der Waals surface area contributed by atoms with Gasteiger partial charge in [-0.2, -0.15) is 0 Å². The normalized spacial score (nSPS) is 30.6. The molecule has 0 radical (unpaired) electrons. The minimum absolute atomic E-state index is 0.107. The van der Waals surface area contributed by atoms with Crippen LogP contribution in [0.3, 0.4) is 0 Å². The number of hydrogen-bond donors (Lipinski definition) is 2. The molecule has 6 aliphatic rings. The fourth-order valence-corrected chi connectivity index (χ4v) is 11.6. The van der Waals surface area contributed by atoms with E-state index in [4.69, 9.17) is 0 Å². The van der Waals surface area contributed by atoms with Gasteiger partial charge in [-0.1, -0.05) is 72.8 Å². The van der Waals surface area contributed by atoms with Crippen LogP contribution in [0.15, 0.2) is 72.8 Å². The fourth-order valence-electron chi connectivity index (χ4n) is 11.6. The Balaban J connectivity index is 0.664. The van der Waals surface area contributed by atoms with Crippen LogP contribution < -0.4 is 10.6 Å². The molecule has 0 spiro atoms. The van der Waals surface area contributed by atoms with E-state index in [9.17, 15) is 9.59 Å². The number of carbonyl (C=O) groups is 2. The Bertz CT molecular complexity index is 1550. The van der Waals surface area contributed by atoms with Crippen molar-refractivity contribution in [1.82, 2.24) is 20.4 Å². The first-order valence-corrected chi connectivity index (χ1v) is 20.9. The number of nitrogens with zero attached hydrogens (tertiary/aromatic N) is 2. The molecule has 52 heavy (non-hydrogen) atoms. The van der Waals surface area contributed by atoms with Crippen LogP contribution in [0.2, 0.25) is 0 Å². The second kappa shape index (κ2) is 15.1. The van der Waals surface area contributed by atoms with Crippen LogP contribution in [0.5, 0.6) is 0 Å². The quantitative estimate of drug-likeness (QED) is 0.199. The molecule has 2 saturated heterocycles. The van der Waals surface area contributed by atoms with Gasteiger partial charge in [0, 0.05) is 36.3 Å². The number of hydrogen-bond acceptors (Lipinski definition) is 4. The summed E-state index contributed by atoms with van der Waals surface area (Å²) < 4.78 is 0. The molecule has 3 aromatic carbocycles. The predicted octanol–water partition coefficient (Wildman–Crippen LogP) is 8.69. The van der Waals surface area contributed by atoms with E-state index < -0.39 is 0 Å². The van der Waals surface area contributed by atoms with Gasteiger partial charge in [0.15, 0.2) is 0 Å². The minimum atomic E-state index is 0.107. The summed E-state index contributed by atoms with van der Waals surface area (Å²) in [4.78, 5) is 31.7. The van der Waals surface area contributed by atoms with E-state index in [2.05, 4.69) is 75.0 Å². The number of rotatable bonds is 12. The molecular formula is C46H58N4O2. The molecule has 274 valence electrons. The van der Waals surface area contributed by atoms with Crippen LogP contribution in [0.4, 0.5) is 0 Å². The summed E-state index contributed by atoms with van der Waals surface area (Å²) in [7, 11) is 0. The van der Waals surface area contributed by atoms with E-state index in [0.29, 0.717) is 37.0 Å². The second-order valence-corrected chi connectivity index (χ2v) is 17.3. The zero-order chi connectivity index (χ0) is 35.0. The number of carbonyl (C=O) groups excluding carboxylic acids is 2. The predicted molar refractivity (Wildman–Crippen MR) is 207 cm³/mol. The Morgan fingerprint density at radius 3 is 1.21 bits per heavy atom. The third-order valence-corrected chi connectivity index (χ3v) is 14.2. The summed E-state index contributed by atoms with van der Waals surface area (Å²) in [6.07, 6.45) is 17.7. The molecule has 4 aliphatic heterocycles. The summed E-state index contributed by atoms with van der Waals surface area (Å²) >= 11 is 0. The minimum Gasteiger partial charge on any atom is -0.353 e. The molecule has 0 aromatic heterocycles. The average molecular weight is 699 g/mol. The lowest BCUT2D eigenvalue weighted by Crippen LogP contribution is -2.39. The molecular weight excluding hydrogens is 641 g/mol. The maximum Gasteiger partial charge on any atom is 0.224 e. The molecule has 9 rings (SSSR count). The van der Waals surface area contributed by atoms with Crippen molar-refractivity contribution in [3.63, 3.8) is 0 Å². The van der Waals surface area contributed by atoms with Crippen LogP contribution in [0, 0.1) is 11.8 Å². The maximum atomic E-state index is 13.1. The zero-order valence-corrected chi connectivity index (χ0v) is 31.0. The molecule has 2 saturated carbocycles. The summed E-state index contributed by atoms with van der Waals surface area (Å²) in [6.45, 7) is 2.41. The highest BCUT2D eigenvalue weighted by Gasteiger charge is 2.44. The average Bonchev–Trinajstić information content (AvgIpc) is 3.93. The summed E-state index contributed by atoms with van der Waals surface area (Å²) in [6, 6.07) is 29.4. The largest absolute Gasteiger partial charge is 0.353 e. The highest BCUT2D eigenvalue weighted by Crippen LogP contribution is 2.54. The molecule has 4 atom stereocenters. The van der Waals surface area contributed by atoms with Crippen molar-refractivity contribution in [2.45, 2.75) is 139 Å². The smallest absolute Gasteiger partial charge is 0.224 e. The monoisotopic (exact) mass is 698 g/mol. The van der Waals surface area contributed by atoms with Crippen molar-refractivity contribution in [2.24, 2.45) is 11.8 Å². The summed E-state index contributed by atoms with van der Waals surface area (Å²) in [5, 5.41) is 6.69.